The number of aliphatic hydroxyl groups is 1. The molecule has 8 fully saturated rings. The van der Waals surface area contributed by atoms with Gasteiger partial charge in [0.2, 0.25) is 29.7 Å². The minimum atomic E-state index is -3.32. The van der Waals surface area contributed by atoms with Crippen LogP contribution in [-0.2, 0) is 53.8 Å². The fraction of sp³-hybridized carbons (Fsp3) is 0.479. The standard InChI is InChI=1S/C22H30ClN5O2.C20H25ClN4O.C19H24ClN5O2.C18H23ClN4O3S.C17H21ClN4O3S/c1-15-12-20(26-21(24)25-15)28-8-3-11-30-14-19(28)17-5-4-16(13-18(17)23)27-9-6-22(2,29)7-10-27;1-13-10-19(24-20(22)23-13)25-8-3-9-26-12-18(25)16-7-6-15(11-17(16)21)14-4-2-5-14;1-12-7-18(24-19(21)22-12)25-5-2-6-26-11-17(25)15-4-3-13(8-16(15)20)23-14-9-27-10-14;1-12-8-17(22-18(20)21-12)23-6-3-7-26-10-16(23)14-5-4-13(9-15(14)19)11-27(2,24)25;1-11-8-16(21-17(19)20-11)22-6-3-7-25-10-15(22)13-5-4-12(9-14(13)18)26(2,23)24/h4-5,12-13,19,29H,3,6-11,14H2,1-2H3,(H2,24,25,26);6-7,10-11,14,18H,2-5,8-9,12H2,1H3,(H2,22,23,24);3-4,7-8,14,17,23H,2,5-6,9-11H2,1H3,(H2,21,22,24);4-5,8-9,16H,3,6-7,10-11H2,1-2H3,(H2,20,21,22);4-5,8-9,15H,3,6-7,10H2,1-2H3,(H2,19,20,21)/t19-;;17-;16-;15-/m1.111/s1. The van der Waals surface area contributed by atoms with Gasteiger partial charge in [-0.1, -0.05) is 107 Å². The fourth-order valence-electron chi connectivity index (χ4n) is 17.9. The van der Waals surface area contributed by atoms with Crippen molar-refractivity contribution in [1.82, 2.24) is 49.8 Å². The Hall–Kier alpha value is -9.83. The van der Waals surface area contributed by atoms with Gasteiger partial charge in [0.25, 0.3) is 0 Å². The molecular formula is C96H123Cl5N22O11S2. The Kier molecular flexibility index (Phi) is 34.7. The summed E-state index contributed by atoms with van der Waals surface area (Å²) >= 11 is 33.1. The zero-order valence-electron chi connectivity index (χ0n) is 78.1. The summed E-state index contributed by atoms with van der Waals surface area (Å²) in [7, 11) is -6.45. The van der Waals surface area contributed by atoms with Crippen LogP contribution in [0.1, 0.15) is 175 Å². The Balaban J connectivity index is 0.000000136. The maximum absolute atomic E-state index is 11.8. The Morgan fingerprint density at radius 2 is 0.721 bits per heavy atom. The van der Waals surface area contributed by atoms with E-state index in [2.05, 4.69) is 127 Å². The van der Waals surface area contributed by atoms with Crippen molar-refractivity contribution in [3.63, 3.8) is 0 Å². The van der Waals surface area contributed by atoms with Crippen molar-refractivity contribution in [2.24, 2.45) is 0 Å². The molecule has 0 amide bonds. The van der Waals surface area contributed by atoms with Crippen molar-refractivity contribution >= 4 is 148 Å². The lowest BCUT2D eigenvalue weighted by Crippen LogP contribution is -2.42. The molecule has 5 aromatic heterocycles. The second-order valence-corrected chi connectivity index (χ2v) is 42.1. The van der Waals surface area contributed by atoms with E-state index in [1.54, 1.807) is 24.3 Å². The summed E-state index contributed by atoms with van der Waals surface area (Å²) < 4.78 is 80.9. The molecule has 10 aromatic rings. The number of rotatable bonds is 17. The molecule has 7 saturated heterocycles. The molecule has 136 heavy (non-hydrogen) atoms. The largest absolute Gasteiger partial charge is 0.390 e. The average Bonchev–Trinajstić information content (AvgIpc) is 1.28. The number of benzene rings is 5. The van der Waals surface area contributed by atoms with E-state index in [4.69, 9.17) is 115 Å². The highest BCUT2D eigenvalue weighted by Gasteiger charge is 2.36. The number of piperidine rings is 1. The topological polar surface area (TPSA) is 434 Å². The van der Waals surface area contributed by atoms with Crippen molar-refractivity contribution in [1.29, 1.82) is 0 Å². The molecule has 0 bridgehead atoms. The lowest BCUT2D eigenvalue weighted by Gasteiger charge is -2.37. The third-order valence-corrected chi connectivity index (χ3v) is 28.6. The van der Waals surface area contributed by atoms with Gasteiger partial charge < -0.3 is 96.9 Å². The second-order valence-electron chi connectivity index (χ2n) is 35.9. The normalized spacial score (nSPS) is 20.3. The van der Waals surface area contributed by atoms with Crippen molar-refractivity contribution in [2.45, 2.75) is 164 Å². The number of sulfone groups is 2. The molecule has 12 N–H and O–H groups in total. The highest BCUT2D eigenvalue weighted by molar-refractivity contribution is 7.90. The Bertz CT molecular complexity index is 5930. The summed E-state index contributed by atoms with van der Waals surface area (Å²) in [6.45, 7) is 24.4. The van der Waals surface area contributed by atoms with E-state index in [9.17, 15) is 21.9 Å². The predicted octanol–water partition coefficient (Wildman–Crippen LogP) is 15.3. The second kappa shape index (κ2) is 46.3. The van der Waals surface area contributed by atoms with Gasteiger partial charge in [0.1, 0.15) is 29.1 Å². The monoisotopic (exact) mass is 2000 g/mol. The summed E-state index contributed by atoms with van der Waals surface area (Å²) in [6.07, 6.45) is 12.2. The number of nitrogens with one attached hydrogen (secondary N) is 1. The Morgan fingerprint density at radius 3 is 1.02 bits per heavy atom. The SMILES string of the molecule is Cc1cc(N2CCCOCC2c2ccc(C3CCC3)cc2Cl)nc(N)n1.Cc1cc(N2CCCOC[C@@H]2c2ccc(CS(C)(=O)=O)cc2Cl)nc(N)n1.Cc1cc(N2CCCOC[C@@H]2c2ccc(N3CCC(C)(O)CC3)cc2Cl)nc(N)n1.Cc1cc(N2CCCOC[C@@H]2c2ccc(NC3COC3)cc2Cl)nc(N)n1.Cc1cc(N2CCCOC[C@@H]2c2ccc(S(C)(=O)=O)cc2Cl)nc(N)n1. The van der Waals surface area contributed by atoms with Crippen LogP contribution < -0.4 is 63.4 Å². The van der Waals surface area contributed by atoms with Gasteiger partial charge in [-0.15, -0.1) is 0 Å². The molecule has 1 saturated carbocycles. The van der Waals surface area contributed by atoms with Crippen LogP contribution in [0.3, 0.4) is 0 Å². The Morgan fingerprint density at radius 1 is 0.390 bits per heavy atom. The third kappa shape index (κ3) is 27.4. The molecule has 730 valence electrons. The van der Waals surface area contributed by atoms with Crippen molar-refractivity contribution in [2.75, 3.05) is 201 Å². The van der Waals surface area contributed by atoms with Crippen LogP contribution in [0.5, 0.6) is 0 Å². The van der Waals surface area contributed by atoms with E-state index >= 15 is 0 Å². The number of nitrogen functional groups attached to an aromatic ring is 5. The minimum Gasteiger partial charge on any atom is -0.390 e. The molecule has 33 nitrogen and oxygen atoms in total. The number of aryl methyl sites for hydroxylation is 5. The van der Waals surface area contributed by atoms with Gasteiger partial charge in [-0.05, 0) is 193 Å². The van der Waals surface area contributed by atoms with E-state index in [1.165, 1.54) is 37.1 Å². The number of anilines is 12. The minimum absolute atomic E-state index is 0.0224. The first-order valence-corrected chi connectivity index (χ1v) is 51.8. The van der Waals surface area contributed by atoms with Crippen LogP contribution in [0.2, 0.25) is 25.1 Å². The van der Waals surface area contributed by atoms with Crippen molar-refractivity contribution < 1.29 is 50.4 Å². The molecule has 1 unspecified atom stereocenters. The fourth-order valence-corrected chi connectivity index (χ4v) is 20.9. The number of aromatic nitrogens is 10. The molecule has 18 rings (SSSR count). The van der Waals surface area contributed by atoms with Gasteiger partial charge in [0, 0.05) is 187 Å². The van der Waals surface area contributed by atoms with E-state index in [-0.39, 0.29) is 64.7 Å². The number of hydrogen-bond donors (Lipinski definition) is 7. The molecule has 7 aliphatic heterocycles. The van der Waals surface area contributed by atoms with Crippen LogP contribution in [-0.4, -0.2) is 221 Å². The molecule has 5 aromatic carbocycles. The summed E-state index contributed by atoms with van der Waals surface area (Å²) in [5, 5.41) is 16.8. The number of halogens is 5. The van der Waals surface area contributed by atoms with Crippen LogP contribution >= 0.6 is 58.0 Å². The van der Waals surface area contributed by atoms with E-state index in [0.29, 0.717) is 115 Å². The van der Waals surface area contributed by atoms with Gasteiger partial charge in [-0.2, -0.15) is 24.9 Å². The quantitative estimate of drug-likeness (QED) is 0.0445. The van der Waals surface area contributed by atoms with Gasteiger partial charge in [0.05, 0.1) is 98.7 Å². The first kappa shape index (κ1) is 102. The molecule has 0 spiro atoms. The van der Waals surface area contributed by atoms with Crippen molar-refractivity contribution in [3.8, 4) is 0 Å². The summed E-state index contributed by atoms with van der Waals surface area (Å²) in [5.74, 6) is 5.80. The van der Waals surface area contributed by atoms with Crippen LogP contribution in [0.4, 0.5) is 70.2 Å². The van der Waals surface area contributed by atoms with Gasteiger partial charge in [-0.3, -0.25) is 0 Å². The first-order valence-electron chi connectivity index (χ1n) is 46.0. The highest BCUT2D eigenvalue weighted by Crippen LogP contribution is 2.44. The van der Waals surface area contributed by atoms with Gasteiger partial charge >= 0.3 is 0 Å². The number of nitrogens with two attached hydrogens (primary N) is 5. The average molecular weight is 2000 g/mol. The maximum Gasteiger partial charge on any atom is 0.222 e. The smallest absolute Gasteiger partial charge is 0.222 e. The molecule has 0 radical (unpaired) electrons. The lowest BCUT2D eigenvalue weighted by atomic mass is 9.80. The van der Waals surface area contributed by atoms with Crippen molar-refractivity contribution in [3.05, 3.63) is 214 Å². The number of ether oxygens (including phenoxy) is 6. The third-order valence-electron chi connectivity index (χ3n) is 24.9. The van der Waals surface area contributed by atoms with Gasteiger partial charge in [-0.25, -0.2) is 41.8 Å². The van der Waals surface area contributed by atoms with Gasteiger partial charge in [0.15, 0.2) is 19.7 Å². The van der Waals surface area contributed by atoms with E-state index < -0.39 is 25.3 Å². The highest BCUT2D eigenvalue weighted by atomic mass is 35.5. The summed E-state index contributed by atoms with van der Waals surface area (Å²) in [6, 6.07) is 38.6. The molecule has 12 heterocycles. The van der Waals surface area contributed by atoms with Crippen LogP contribution in [0.25, 0.3) is 0 Å². The van der Waals surface area contributed by atoms with Crippen LogP contribution in [0.15, 0.2) is 126 Å². The zero-order chi connectivity index (χ0) is 96.7. The lowest BCUT2D eigenvalue weighted by molar-refractivity contribution is 0.0211. The van der Waals surface area contributed by atoms with E-state index in [0.717, 1.165) is 206 Å². The zero-order valence-corrected chi connectivity index (χ0v) is 83.5. The maximum atomic E-state index is 11.8. The molecule has 8 aliphatic rings. The Labute approximate surface area is 821 Å². The van der Waals surface area contributed by atoms with E-state index in [1.807, 2.05) is 90.1 Å². The molecule has 5 atom stereocenters. The molecule has 1 aliphatic carbocycles. The first-order chi connectivity index (χ1) is 65.0. The number of hydrogen-bond acceptors (Lipinski definition) is 33. The number of nitrogens with zero attached hydrogens (tertiary/aromatic N) is 16. The summed E-state index contributed by atoms with van der Waals surface area (Å²) in [5.41, 5.74) is 41.7. The predicted molar refractivity (Wildman–Crippen MR) is 539 cm³/mol. The molecule has 40 heteroatoms. The summed E-state index contributed by atoms with van der Waals surface area (Å²) in [4.78, 5) is 56.3. The molecular weight excluding hydrogens is 1880 g/mol. The van der Waals surface area contributed by atoms with Crippen LogP contribution in [0, 0.1) is 34.6 Å².